The van der Waals surface area contributed by atoms with Crippen LogP contribution in [-0.2, 0) is 4.79 Å². The molecule has 3 nitrogen and oxygen atoms in total. The predicted octanol–water partition coefficient (Wildman–Crippen LogP) is 2.32. The predicted molar refractivity (Wildman–Crippen MR) is 63.2 cm³/mol. The zero-order valence-corrected chi connectivity index (χ0v) is 10.7. The molecule has 0 spiro atoms. The van der Waals surface area contributed by atoms with Gasteiger partial charge in [0.1, 0.15) is 6.54 Å². The molecule has 1 aliphatic heterocycles. The smallest absolute Gasteiger partial charge is 0.334 e. The Labute approximate surface area is 106 Å². The quantitative estimate of drug-likeness (QED) is 0.800. The highest BCUT2D eigenvalue weighted by molar-refractivity contribution is 5.76. The number of carbonyl (C=O) groups is 1. The molecule has 0 aromatic heterocycles. The van der Waals surface area contributed by atoms with Crippen LogP contribution in [0.3, 0.4) is 0 Å². The molecule has 1 unspecified atom stereocenters. The highest BCUT2D eigenvalue weighted by Gasteiger charge is 2.33. The zero-order chi connectivity index (χ0) is 13.6. The SMILES string of the molecule is CCCCN(CC(F)(F)F)C(=O)CC1CCCN1. The topological polar surface area (TPSA) is 32.3 Å². The maximum Gasteiger partial charge on any atom is 0.406 e. The van der Waals surface area contributed by atoms with Crippen LogP contribution in [-0.4, -0.2) is 42.7 Å². The molecule has 106 valence electrons. The third-order valence-electron chi connectivity index (χ3n) is 3.09. The minimum atomic E-state index is -4.31. The van der Waals surface area contributed by atoms with Gasteiger partial charge in [-0.3, -0.25) is 4.79 Å². The minimum absolute atomic E-state index is 0.0508. The molecule has 0 aromatic carbocycles. The maximum atomic E-state index is 12.4. The van der Waals surface area contributed by atoms with E-state index in [0.29, 0.717) is 6.42 Å². The van der Waals surface area contributed by atoms with Gasteiger partial charge in [0.2, 0.25) is 5.91 Å². The van der Waals surface area contributed by atoms with Gasteiger partial charge < -0.3 is 10.2 Å². The van der Waals surface area contributed by atoms with Crippen molar-refractivity contribution in [3.63, 3.8) is 0 Å². The summed E-state index contributed by atoms with van der Waals surface area (Å²) in [6, 6.07) is 0.0508. The van der Waals surface area contributed by atoms with Crippen molar-refractivity contribution in [3.8, 4) is 0 Å². The third kappa shape index (κ3) is 5.71. The first-order valence-corrected chi connectivity index (χ1v) is 6.50. The summed E-state index contributed by atoms with van der Waals surface area (Å²) in [5.41, 5.74) is 0. The van der Waals surface area contributed by atoms with E-state index in [0.717, 1.165) is 30.7 Å². The van der Waals surface area contributed by atoms with Crippen molar-refractivity contribution in [2.24, 2.45) is 0 Å². The van der Waals surface area contributed by atoms with Crippen LogP contribution in [0.1, 0.15) is 39.0 Å². The van der Waals surface area contributed by atoms with Gasteiger partial charge in [-0.25, -0.2) is 0 Å². The van der Waals surface area contributed by atoms with Gasteiger partial charge in [0, 0.05) is 19.0 Å². The molecule has 18 heavy (non-hydrogen) atoms. The van der Waals surface area contributed by atoms with Gasteiger partial charge in [-0.05, 0) is 25.8 Å². The fourth-order valence-electron chi connectivity index (χ4n) is 2.13. The Bertz CT molecular complexity index is 263. The second-order valence-corrected chi connectivity index (χ2v) is 4.78. The number of hydrogen-bond acceptors (Lipinski definition) is 2. The van der Waals surface area contributed by atoms with Crippen LogP contribution < -0.4 is 5.32 Å². The van der Waals surface area contributed by atoms with Crippen LogP contribution in [0.4, 0.5) is 13.2 Å². The van der Waals surface area contributed by atoms with Crippen molar-refractivity contribution in [2.75, 3.05) is 19.6 Å². The van der Waals surface area contributed by atoms with Gasteiger partial charge >= 0.3 is 6.18 Å². The van der Waals surface area contributed by atoms with Crippen molar-refractivity contribution in [2.45, 2.75) is 51.2 Å². The number of rotatable bonds is 6. The average Bonchev–Trinajstić information content (AvgIpc) is 2.75. The molecule has 1 atom stereocenters. The van der Waals surface area contributed by atoms with E-state index in [1.165, 1.54) is 0 Å². The summed E-state index contributed by atoms with van der Waals surface area (Å²) < 4.78 is 37.2. The number of nitrogens with one attached hydrogen (secondary N) is 1. The van der Waals surface area contributed by atoms with Crippen molar-refractivity contribution in [1.82, 2.24) is 10.2 Å². The van der Waals surface area contributed by atoms with Gasteiger partial charge in [-0.1, -0.05) is 13.3 Å². The van der Waals surface area contributed by atoms with E-state index in [1.807, 2.05) is 6.92 Å². The second-order valence-electron chi connectivity index (χ2n) is 4.78. The van der Waals surface area contributed by atoms with Crippen LogP contribution >= 0.6 is 0 Å². The molecule has 1 heterocycles. The molecule has 1 amide bonds. The molecular formula is C12H21F3N2O. The van der Waals surface area contributed by atoms with Crippen LogP contribution in [0.15, 0.2) is 0 Å². The zero-order valence-electron chi connectivity index (χ0n) is 10.7. The van der Waals surface area contributed by atoms with E-state index in [9.17, 15) is 18.0 Å². The van der Waals surface area contributed by atoms with E-state index in [1.54, 1.807) is 0 Å². The summed E-state index contributed by atoms with van der Waals surface area (Å²) >= 11 is 0. The lowest BCUT2D eigenvalue weighted by Crippen LogP contribution is -2.41. The minimum Gasteiger partial charge on any atom is -0.334 e. The number of amides is 1. The Morgan fingerprint density at radius 2 is 2.17 bits per heavy atom. The van der Waals surface area contributed by atoms with Crippen LogP contribution in [0.25, 0.3) is 0 Å². The molecule has 0 radical (unpaired) electrons. The lowest BCUT2D eigenvalue weighted by atomic mass is 10.1. The van der Waals surface area contributed by atoms with E-state index in [-0.39, 0.29) is 24.9 Å². The Hall–Kier alpha value is -0.780. The standard InChI is InChI=1S/C12H21F3N2O/c1-2-3-7-17(9-12(13,14)15)11(18)8-10-5-4-6-16-10/h10,16H,2-9H2,1H3. The van der Waals surface area contributed by atoms with Gasteiger partial charge in [0.25, 0.3) is 0 Å². The fourth-order valence-corrected chi connectivity index (χ4v) is 2.13. The summed E-state index contributed by atoms with van der Waals surface area (Å²) in [4.78, 5) is 12.8. The molecule has 0 aromatic rings. The summed E-state index contributed by atoms with van der Waals surface area (Å²) in [6.07, 6.45) is -0.874. The number of alkyl halides is 3. The number of unbranched alkanes of at least 4 members (excludes halogenated alkanes) is 1. The molecule has 1 aliphatic rings. The molecule has 6 heteroatoms. The normalized spacial score (nSPS) is 20.1. The molecular weight excluding hydrogens is 245 g/mol. The molecule has 1 saturated heterocycles. The van der Waals surface area contributed by atoms with Crippen molar-refractivity contribution in [3.05, 3.63) is 0 Å². The number of halogens is 3. The van der Waals surface area contributed by atoms with Gasteiger partial charge in [-0.2, -0.15) is 13.2 Å². The van der Waals surface area contributed by atoms with Crippen molar-refractivity contribution < 1.29 is 18.0 Å². The lowest BCUT2D eigenvalue weighted by Gasteiger charge is -2.25. The summed E-state index contributed by atoms with van der Waals surface area (Å²) in [5.74, 6) is -0.389. The van der Waals surface area contributed by atoms with Crippen LogP contribution in [0, 0.1) is 0 Å². The van der Waals surface area contributed by atoms with Crippen LogP contribution in [0.5, 0.6) is 0 Å². The van der Waals surface area contributed by atoms with Crippen molar-refractivity contribution >= 4 is 5.91 Å². The number of hydrogen-bond donors (Lipinski definition) is 1. The average molecular weight is 266 g/mol. The van der Waals surface area contributed by atoms with E-state index < -0.39 is 12.7 Å². The Morgan fingerprint density at radius 1 is 1.44 bits per heavy atom. The van der Waals surface area contributed by atoms with E-state index in [4.69, 9.17) is 0 Å². The highest BCUT2D eigenvalue weighted by Crippen LogP contribution is 2.19. The van der Waals surface area contributed by atoms with E-state index in [2.05, 4.69) is 5.32 Å². The summed E-state index contributed by atoms with van der Waals surface area (Å²) in [5, 5.41) is 3.13. The molecule has 0 bridgehead atoms. The highest BCUT2D eigenvalue weighted by atomic mass is 19.4. The summed E-state index contributed by atoms with van der Waals surface area (Å²) in [6.45, 7) is 1.82. The van der Waals surface area contributed by atoms with Crippen molar-refractivity contribution in [1.29, 1.82) is 0 Å². The van der Waals surface area contributed by atoms with Gasteiger partial charge in [0.05, 0.1) is 0 Å². The Kier molecular flexibility index (Phi) is 5.91. The fraction of sp³-hybridized carbons (Fsp3) is 0.917. The lowest BCUT2D eigenvalue weighted by molar-refractivity contribution is -0.161. The largest absolute Gasteiger partial charge is 0.406 e. The number of nitrogens with zero attached hydrogens (tertiary/aromatic N) is 1. The molecule has 1 rings (SSSR count). The molecule has 0 aliphatic carbocycles. The first-order valence-electron chi connectivity index (χ1n) is 6.50. The Morgan fingerprint density at radius 3 is 2.67 bits per heavy atom. The number of carbonyl (C=O) groups excluding carboxylic acids is 1. The van der Waals surface area contributed by atoms with Gasteiger partial charge in [0.15, 0.2) is 0 Å². The maximum absolute atomic E-state index is 12.4. The first kappa shape index (κ1) is 15.3. The molecule has 1 fully saturated rings. The van der Waals surface area contributed by atoms with Gasteiger partial charge in [-0.15, -0.1) is 0 Å². The van der Waals surface area contributed by atoms with Crippen LogP contribution in [0.2, 0.25) is 0 Å². The third-order valence-corrected chi connectivity index (χ3v) is 3.09. The molecule has 1 N–H and O–H groups in total. The first-order chi connectivity index (χ1) is 8.42. The summed E-state index contributed by atoms with van der Waals surface area (Å²) in [7, 11) is 0. The molecule has 0 saturated carbocycles. The Balaban J connectivity index is 2.48. The van der Waals surface area contributed by atoms with E-state index >= 15 is 0 Å². The monoisotopic (exact) mass is 266 g/mol. The second kappa shape index (κ2) is 6.97.